The summed E-state index contributed by atoms with van der Waals surface area (Å²) in [6.07, 6.45) is 0. The molecule has 0 heterocycles. The highest BCUT2D eigenvalue weighted by Crippen LogP contribution is 2.14. The van der Waals surface area contributed by atoms with E-state index in [4.69, 9.17) is 15.9 Å². The first-order valence-corrected chi connectivity index (χ1v) is 3.15. The molecule has 57 valence electrons. The SMILES string of the molecule is COc1ccc[c]c1C(=N)N. The molecule has 3 N–H and O–H groups in total. The van der Waals surface area contributed by atoms with Crippen LogP contribution < -0.4 is 10.5 Å². The van der Waals surface area contributed by atoms with Gasteiger partial charge in [0.15, 0.2) is 0 Å². The Labute approximate surface area is 65.3 Å². The van der Waals surface area contributed by atoms with E-state index >= 15 is 0 Å². The lowest BCUT2D eigenvalue weighted by Gasteiger charge is -2.04. The minimum absolute atomic E-state index is 0.0255. The van der Waals surface area contributed by atoms with Crippen LogP contribution in [-0.2, 0) is 0 Å². The minimum Gasteiger partial charge on any atom is -0.496 e. The van der Waals surface area contributed by atoms with Crippen LogP contribution in [0.25, 0.3) is 0 Å². The highest BCUT2D eigenvalue weighted by molar-refractivity contribution is 5.97. The van der Waals surface area contributed by atoms with Crippen LogP contribution in [0.2, 0.25) is 0 Å². The Morgan fingerprint density at radius 3 is 2.91 bits per heavy atom. The lowest BCUT2D eigenvalue weighted by Crippen LogP contribution is -2.12. The van der Waals surface area contributed by atoms with Gasteiger partial charge in [-0.2, -0.15) is 0 Å². The van der Waals surface area contributed by atoms with Gasteiger partial charge in [0.25, 0.3) is 0 Å². The van der Waals surface area contributed by atoms with Gasteiger partial charge in [-0.3, -0.25) is 5.41 Å². The lowest BCUT2D eigenvalue weighted by atomic mass is 10.2. The van der Waals surface area contributed by atoms with Crippen molar-refractivity contribution in [2.24, 2.45) is 5.73 Å². The molecule has 0 fully saturated rings. The summed E-state index contributed by atoms with van der Waals surface area (Å²) in [5.74, 6) is 0.558. The summed E-state index contributed by atoms with van der Waals surface area (Å²) in [7, 11) is 1.54. The smallest absolute Gasteiger partial charge is 0.130 e. The highest BCUT2D eigenvalue weighted by Gasteiger charge is 2.02. The van der Waals surface area contributed by atoms with Gasteiger partial charge < -0.3 is 10.5 Å². The van der Waals surface area contributed by atoms with Gasteiger partial charge in [-0.25, -0.2) is 0 Å². The first-order valence-electron chi connectivity index (χ1n) is 3.15. The van der Waals surface area contributed by atoms with Crippen molar-refractivity contribution >= 4 is 5.84 Å². The number of nitrogen functional groups attached to an aromatic ring is 1. The second-order valence-corrected chi connectivity index (χ2v) is 2.03. The highest BCUT2D eigenvalue weighted by atomic mass is 16.5. The maximum absolute atomic E-state index is 7.15. The quantitative estimate of drug-likeness (QED) is 0.482. The second-order valence-electron chi connectivity index (χ2n) is 2.03. The van der Waals surface area contributed by atoms with Crippen LogP contribution in [-0.4, -0.2) is 12.9 Å². The number of nitrogens with two attached hydrogens (primary N) is 1. The van der Waals surface area contributed by atoms with E-state index in [1.54, 1.807) is 18.2 Å². The van der Waals surface area contributed by atoms with E-state index in [1.807, 2.05) is 0 Å². The summed E-state index contributed by atoms with van der Waals surface area (Å²) in [6, 6.07) is 8.03. The van der Waals surface area contributed by atoms with Crippen LogP contribution >= 0.6 is 0 Å². The Bertz CT molecular complexity index is 271. The second kappa shape index (κ2) is 3.05. The maximum Gasteiger partial charge on any atom is 0.130 e. The molecule has 0 amide bonds. The first-order chi connectivity index (χ1) is 5.25. The molecule has 1 rings (SSSR count). The molecule has 1 aromatic rings. The molecular formula is C8H9N2O. The molecule has 0 saturated heterocycles. The molecule has 3 nitrogen and oxygen atoms in total. The number of ether oxygens (including phenoxy) is 1. The molecule has 1 radical (unpaired) electrons. The topological polar surface area (TPSA) is 59.1 Å². The van der Waals surface area contributed by atoms with E-state index in [9.17, 15) is 0 Å². The van der Waals surface area contributed by atoms with E-state index in [2.05, 4.69) is 6.07 Å². The number of rotatable bonds is 2. The van der Waals surface area contributed by atoms with Gasteiger partial charge in [0.2, 0.25) is 0 Å². The standard InChI is InChI=1S/C8H9N2O/c1-11-7-5-3-2-4-6(7)8(9)10/h2-3,5H,1H3,(H3,9,10). The van der Waals surface area contributed by atoms with Crippen molar-refractivity contribution in [3.8, 4) is 5.75 Å². The zero-order chi connectivity index (χ0) is 8.27. The first kappa shape index (κ1) is 7.60. The largest absolute Gasteiger partial charge is 0.496 e. The number of amidine groups is 1. The number of hydrogen-bond donors (Lipinski definition) is 2. The Kier molecular flexibility index (Phi) is 2.11. The van der Waals surface area contributed by atoms with Crippen LogP contribution in [0.4, 0.5) is 0 Å². The summed E-state index contributed by atoms with van der Waals surface area (Å²) >= 11 is 0. The van der Waals surface area contributed by atoms with Crippen LogP contribution in [0, 0.1) is 11.5 Å². The van der Waals surface area contributed by atoms with Crippen LogP contribution in [0.15, 0.2) is 18.2 Å². The Balaban J connectivity index is 3.12. The Morgan fingerprint density at radius 1 is 1.73 bits per heavy atom. The monoisotopic (exact) mass is 149 g/mol. The molecule has 0 aliphatic heterocycles. The third-order valence-corrected chi connectivity index (χ3v) is 1.31. The van der Waals surface area contributed by atoms with Crippen molar-refractivity contribution in [3.63, 3.8) is 0 Å². The molecule has 0 atom stereocenters. The van der Waals surface area contributed by atoms with Gasteiger partial charge in [-0.15, -0.1) is 0 Å². The zero-order valence-corrected chi connectivity index (χ0v) is 6.22. The maximum atomic E-state index is 7.15. The molecule has 0 aliphatic carbocycles. The van der Waals surface area contributed by atoms with Crippen molar-refractivity contribution in [2.45, 2.75) is 0 Å². The van der Waals surface area contributed by atoms with Gasteiger partial charge in [-0.05, 0) is 12.1 Å². The van der Waals surface area contributed by atoms with E-state index in [-0.39, 0.29) is 5.84 Å². The average molecular weight is 149 g/mol. The number of benzene rings is 1. The van der Waals surface area contributed by atoms with E-state index in [1.165, 1.54) is 7.11 Å². The zero-order valence-electron chi connectivity index (χ0n) is 6.22. The molecule has 0 saturated carbocycles. The summed E-state index contributed by atoms with van der Waals surface area (Å²) in [4.78, 5) is 0. The summed E-state index contributed by atoms with van der Waals surface area (Å²) in [5, 5.41) is 7.15. The summed E-state index contributed by atoms with van der Waals surface area (Å²) in [6.45, 7) is 0. The molecule has 1 aromatic carbocycles. The average Bonchev–Trinajstić information content (AvgIpc) is 2.04. The van der Waals surface area contributed by atoms with Crippen molar-refractivity contribution in [1.82, 2.24) is 0 Å². The number of hydrogen-bond acceptors (Lipinski definition) is 2. The van der Waals surface area contributed by atoms with Gasteiger partial charge in [-0.1, -0.05) is 12.1 Å². The minimum atomic E-state index is -0.0255. The Morgan fingerprint density at radius 2 is 2.45 bits per heavy atom. The lowest BCUT2D eigenvalue weighted by molar-refractivity contribution is 0.414. The third-order valence-electron chi connectivity index (χ3n) is 1.31. The number of nitrogens with one attached hydrogen (secondary N) is 1. The molecule has 3 heteroatoms. The van der Waals surface area contributed by atoms with Crippen LogP contribution in [0.5, 0.6) is 5.75 Å². The predicted octanol–water partition coefficient (Wildman–Crippen LogP) is 0.779. The molecular weight excluding hydrogens is 140 g/mol. The van der Waals surface area contributed by atoms with E-state index < -0.39 is 0 Å². The summed E-state index contributed by atoms with van der Waals surface area (Å²) in [5.41, 5.74) is 5.77. The Hall–Kier alpha value is -1.51. The molecule has 0 aliphatic rings. The molecule has 0 aromatic heterocycles. The van der Waals surface area contributed by atoms with Crippen molar-refractivity contribution in [1.29, 1.82) is 5.41 Å². The van der Waals surface area contributed by atoms with Crippen LogP contribution in [0.3, 0.4) is 0 Å². The van der Waals surface area contributed by atoms with Gasteiger partial charge in [0.05, 0.1) is 12.7 Å². The van der Waals surface area contributed by atoms with Crippen LogP contribution in [0.1, 0.15) is 5.56 Å². The van der Waals surface area contributed by atoms with Crippen molar-refractivity contribution < 1.29 is 4.74 Å². The molecule has 0 unspecified atom stereocenters. The summed E-state index contributed by atoms with van der Waals surface area (Å²) < 4.78 is 4.95. The third kappa shape index (κ3) is 1.49. The molecule has 0 spiro atoms. The fraction of sp³-hybridized carbons (Fsp3) is 0.125. The predicted molar refractivity (Wildman–Crippen MR) is 42.8 cm³/mol. The molecule has 11 heavy (non-hydrogen) atoms. The van der Waals surface area contributed by atoms with Gasteiger partial charge in [0, 0.05) is 0 Å². The van der Waals surface area contributed by atoms with Gasteiger partial charge >= 0.3 is 0 Å². The fourth-order valence-corrected chi connectivity index (χ4v) is 0.802. The normalized spacial score (nSPS) is 9.18. The van der Waals surface area contributed by atoms with Gasteiger partial charge in [0.1, 0.15) is 11.6 Å². The van der Waals surface area contributed by atoms with Crippen molar-refractivity contribution in [3.05, 3.63) is 29.8 Å². The van der Waals surface area contributed by atoms with Crippen molar-refractivity contribution in [2.75, 3.05) is 7.11 Å². The number of methoxy groups -OCH3 is 1. The van der Waals surface area contributed by atoms with E-state index in [0.29, 0.717) is 11.3 Å². The molecule has 0 bridgehead atoms. The van der Waals surface area contributed by atoms with E-state index in [0.717, 1.165) is 0 Å². The fourth-order valence-electron chi connectivity index (χ4n) is 0.802.